The van der Waals surface area contributed by atoms with Crippen LogP contribution < -0.4 is 5.32 Å². The molecule has 0 aromatic heterocycles. The summed E-state index contributed by atoms with van der Waals surface area (Å²) in [5.41, 5.74) is -1.75. The van der Waals surface area contributed by atoms with Crippen LogP contribution in [0.4, 0.5) is 13.2 Å². The number of aliphatic hydroxyl groups excluding tert-OH is 1. The first kappa shape index (κ1) is 14.1. The number of hydrogen-bond acceptors (Lipinski definition) is 3. The zero-order valence-electron chi connectivity index (χ0n) is 10.3. The lowest BCUT2D eigenvalue weighted by atomic mass is 10.2. The molecule has 2 fully saturated rings. The summed E-state index contributed by atoms with van der Waals surface area (Å²) in [7, 11) is 0. The van der Waals surface area contributed by atoms with Crippen LogP contribution in [0, 0.1) is 0 Å². The first-order chi connectivity index (χ1) is 8.43. The lowest BCUT2D eigenvalue weighted by Gasteiger charge is -2.23. The molecule has 106 valence electrons. The molecule has 2 rings (SSSR count). The molecule has 0 bridgehead atoms. The first-order valence-electron chi connectivity index (χ1n) is 6.54. The Bertz CT molecular complexity index is 273. The summed E-state index contributed by atoms with van der Waals surface area (Å²) in [5, 5.41) is 12.0. The molecular formula is C12H20F3NO2. The number of rotatable bonds is 6. The fourth-order valence-electron chi connectivity index (χ4n) is 2.36. The minimum absolute atomic E-state index is 0.0633. The molecule has 0 spiro atoms. The number of alkyl halides is 3. The van der Waals surface area contributed by atoms with Gasteiger partial charge in [0, 0.05) is 6.54 Å². The summed E-state index contributed by atoms with van der Waals surface area (Å²) in [5.74, 6) is 0. The van der Waals surface area contributed by atoms with E-state index in [1.165, 1.54) is 0 Å². The SMILES string of the molecule is OC(CNC1(C(F)(F)F)CC1)COC1CCCC1. The molecule has 2 N–H and O–H groups in total. The molecule has 0 aliphatic heterocycles. The van der Waals surface area contributed by atoms with Gasteiger partial charge in [-0.15, -0.1) is 0 Å². The highest BCUT2D eigenvalue weighted by Crippen LogP contribution is 2.48. The summed E-state index contributed by atoms with van der Waals surface area (Å²) >= 11 is 0. The highest BCUT2D eigenvalue weighted by atomic mass is 19.4. The Kier molecular flexibility index (Phi) is 4.18. The predicted octanol–water partition coefficient (Wildman–Crippen LogP) is 1.99. The van der Waals surface area contributed by atoms with E-state index in [9.17, 15) is 18.3 Å². The first-order valence-corrected chi connectivity index (χ1v) is 6.54. The van der Waals surface area contributed by atoms with Crippen molar-refractivity contribution in [3.63, 3.8) is 0 Å². The van der Waals surface area contributed by atoms with E-state index >= 15 is 0 Å². The van der Waals surface area contributed by atoms with Gasteiger partial charge in [-0.05, 0) is 25.7 Å². The highest BCUT2D eigenvalue weighted by molar-refractivity contribution is 5.08. The minimum Gasteiger partial charge on any atom is -0.389 e. The van der Waals surface area contributed by atoms with Crippen molar-refractivity contribution in [1.82, 2.24) is 5.32 Å². The molecule has 0 aromatic rings. The lowest BCUT2D eigenvalue weighted by molar-refractivity contribution is -0.167. The van der Waals surface area contributed by atoms with Crippen molar-refractivity contribution in [3.05, 3.63) is 0 Å². The van der Waals surface area contributed by atoms with Gasteiger partial charge in [0.25, 0.3) is 0 Å². The van der Waals surface area contributed by atoms with Gasteiger partial charge in [0.15, 0.2) is 0 Å². The average molecular weight is 267 g/mol. The molecule has 18 heavy (non-hydrogen) atoms. The quantitative estimate of drug-likeness (QED) is 0.773. The zero-order chi connectivity index (χ0) is 13.2. The zero-order valence-corrected chi connectivity index (χ0v) is 10.3. The van der Waals surface area contributed by atoms with Crippen LogP contribution in [0.15, 0.2) is 0 Å². The van der Waals surface area contributed by atoms with Gasteiger partial charge in [-0.1, -0.05) is 12.8 Å². The van der Waals surface area contributed by atoms with Crippen molar-refractivity contribution in [2.45, 2.75) is 62.4 Å². The second kappa shape index (κ2) is 5.35. The van der Waals surface area contributed by atoms with Crippen molar-refractivity contribution in [2.75, 3.05) is 13.2 Å². The molecule has 0 amide bonds. The third-order valence-electron chi connectivity index (χ3n) is 3.80. The molecule has 0 saturated heterocycles. The van der Waals surface area contributed by atoms with E-state index in [0.29, 0.717) is 0 Å². The Hall–Kier alpha value is -0.330. The van der Waals surface area contributed by atoms with Crippen LogP contribution >= 0.6 is 0 Å². The molecule has 0 radical (unpaired) electrons. The molecular weight excluding hydrogens is 247 g/mol. The fraction of sp³-hybridized carbons (Fsp3) is 1.00. The summed E-state index contributed by atoms with van der Waals surface area (Å²) in [6, 6.07) is 0. The average Bonchev–Trinajstić information content (AvgIpc) is 2.93. The fourth-order valence-corrected chi connectivity index (χ4v) is 2.36. The van der Waals surface area contributed by atoms with E-state index in [4.69, 9.17) is 4.74 Å². The maximum absolute atomic E-state index is 12.6. The van der Waals surface area contributed by atoms with Gasteiger partial charge in [0.05, 0.1) is 18.8 Å². The molecule has 2 saturated carbocycles. The number of ether oxygens (including phenoxy) is 1. The van der Waals surface area contributed by atoms with E-state index in [2.05, 4.69) is 5.32 Å². The van der Waals surface area contributed by atoms with Crippen molar-refractivity contribution in [1.29, 1.82) is 0 Å². The van der Waals surface area contributed by atoms with Crippen LogP contribution in [-0.4, -0.2) is 42.2 Å². The molecule has 1 atom stereocenters. The third kappa shape index (κ3) is 3.36. The smallest absolute Gasteiger partial charge is 0.389 e. The van der Waals surface area contributed by atoms with E-state index in [-0.39, 0.29) is 32.1 Å². The summed E-state index contributed by atoms with van der Waals surface area (Å²) in [6.45, 7) is 0.0534. The van der Waals surface area contributed by atoms with Gasteiger partial charge in [0.1, 0.15) is 5.54 Å². The molecule has 0 heterocycles. The predicted molar refractivity (Wildman–Crippen MR) is 60.2 cm³/mol. The third-order valence-corrected chi connectivity index (χ3v) is 3.80. The van der Waals surface area contributed by atoms with Crippen molar-refractivity contribution < 1.29 is 23.0 Å². The van der Waals surface area contributed by atoms with Crippen molar-refractivity contribution in [3.8, 4) is 0 Å². The Morgan fingerprint density at radius 1 is 1.28 bits per heavy atom. The van der Waals surface area contributed by atoms with Gasteiger partial charge >= 0.3 is 6.18 Å². The van der Waals surface area contributed by atoms with E-state index < -0.39 is 17.8 Å². The monoisotopic (exact) mass is 267 g/mol. The van der Waals surface area contributed by atoms with Crippen molar-refractivity contribution >= 4 is 0 Å². The van der Waals surface area contributed by atoms with E-state index in [1.54, 1.807) is 0 Å². The Morgan fingerprint density at radius 2 is 1.89 bits per heavy atom. The van der Waals surface area contributed by atoms with Crippen LogP contribution in [0.2, 0.25) is 0 Å². The highest BCUT2D eigenvalue weighted by Gasteiger charge is 2.63. The summed E-state index contributed by atoms with van der Waals surface area (Å²) in [6.07, 6.45) is -0.452. The second-order valence-corrected chi connectivity index (χ2v) is 5.35. The lowest BCUT2D eigenvalue weighted by Crippen LogP contribution is -2.48. The Morgan fingerprint density at radius 3 is 2.39 bits per heavy atom. The van der Waals surface area contributed by atoms with Gasteiger partial charge in [0.2, 0.25) is 0 Å². The normalized spacial score (nSPS) is 25.3. The largest absolute Gasteiger partial charge is 0.406 e. The van der Waals surface area contributed by atoms with Gasteiger partial charge in [-0.3, -0.25) is 0 Å². The maximum atomic E-state index is 12.6. The molecule has 2 aliphatic carbocycles. The molecule has 0 aromatic carbocycles. The van der Waals surface area contributed by atoms with Crippen LogP contribution in [-0.2, 0) is 4.74 Å². The summed E-state index contributed by atoms with van der Waals surface area (Å²) in [4.78, 5) is 0. The van der Waals surface area contributed by atoms with Gasteiger partial charge < -0.3 is 15.2 Å². The number of halogens is 3. The van der Waals surface area contributed by atoms with Crippen LogP contribution in [0.3, 0.4) is 0 Å². The van der Waals surface area contributed by atoms with Gasteiger partial charge in [-0.25, -0.2) is 0 Å². The van der Waals surface area contributed by atoms with Crippen molar-refractivity contribution in [2.24, 2.45) is 0 Å². The number of hydrogen-bond donors (Lipinski definition) is 2. The molecule has 6 heteroatoms. The number of aliphatic hydroxyl groups is 1. The number of nitrogens with one attached hydrogen (secondary N) is 1. The van der Waals surface area contributed by atoms with E-state index in [1.807, 2.05) is 0 Å². The molecule has 1 unspecified atom stereocenters. The Labute approximate surface area is 105 Å². The van der Waals surface area contributed by atoms with Crippen LogP contribution in [0.25, 0.3) is 0 Å². The second-order valence-electron chi connectivity index (χ2n) is 5.35. The van der Waals surface area contributed by atoms with Crippen LogP contribution in [0.5, 0.6) is 0 Å². The molecule has 3 nitrogen and oxygen atoms in total. The summed E-state index contributed by atoms with van der Waals surface area (Å²) < 4.78 is 43.3. The van der Waals surface area contributed by atoms with E-state index in [0.717, 1.165) is 25.7 Å². The Balaban J connectivity index is 1.64. The molecule has 2 aliphatic rings. The maximum Gasteiger partial charge on any atom is 0.406 e. The topological polar surface area (TPSA) is 41.5 Å². The van der Waals surface area contributed by atoms with Crippen LogP contribution in [0.1, 0.15) is 38.5 Å². The minimum atomic E-state index is -4.22. The van der Waals surface area contributed by atoms with Gasteiger partial charge in [-0.2, -0.15) is 13.2 Å². The number of β-amino-alcohol motifs (C(OH)–C–C–N with tert-alkyl or cyclic N) is 1. The standard InChI is InChI=1S/C12H20F3NO2/c13-12(14,15)11(5-6-11)16-7-9(17)8-18-10-3-1-2-4-10/h9-10,16-17H,1-8H2.